The summed E-state index contributed by atoms with van der Waals surface area (Å²) >= 11 is 0. The molecule has 0 bridgehead atoms. The van der Waals surface area contributed by atoms with Crippen LogP contribution < -0.4 is 0 Å². The third-order valence-corrected chi connectivity index (χ3v) is 4.96. The predicted octanol–water partition coefficient (Wildman–Crippen LogP) is 2.52. The van der Waals surface area contributed by atoms with Crippen molar-refractivity contribution in [3.05, 3.63) is 66.4 Å². The molecule has 142 valence electrons. The van der Waals surface area contributed by atoms with Crippen LogP contribution in [0.1, 0.15) is 39.6 Å². The van der Waals surface area contributed by atoms with Crippen LogP contribution >= 0.6 is 0 Å². The zero-order valence-corrected chi connectivity index (χ0v) is 15.1. The van der Waals surface area contributed by atoms with Gasteiger partial charge in [-0.1, -0.05) is 30.3 Å². The number of carboxylic acid groups (broad SMARTS) is 1. The Balaban J connectivity index is 1.48. The molecule has 4 rings (SSSR count). The average molecular weight is 377 g/mol. The van der Waals surface area contributed by atoms with Gasteiger partial charge in [0.15, 0.2) is 0 Å². The minimum Gasteiger partial charge on any atom is -0.478 e. The van der Waals surface area contributed by atoms with Gasteiger partial charge in [-0.05, 0) is 12.8 Å². The maximum atomic E-state index is 13.1. The molecule has 0 atom stereocenters. The van der Waals surface area contributed by atoms with Gasteiger partial charge in [-0.25, -0.2) is 14.8 Å². The summed E-state index contributed by atoms with van der Waals surface area (Å²) in [6.07, 6.45) is 7.33. The zero-order valence-electron chi connectivity index (χ0n) is 15.1. The lowest BCUT2D eigenvalue weighted by molar-refractivity contribution is 0.0688. The van der Waals surface area contributed by atoms with Crippen molar-refractivity contribution in [1.82, 2.24) is 24.6 Å². The number of rotatable bonds is 4. The van der Waals surface area contributed by atoms with Crippen molar-refractivity contribution in [1.29, 1.82) is 0 Å². The molecule has 0 radical (unpaired) electrons. The summed E-state index contributed by atoms with van der Waals surface area (Å²) in [5.41, 5.74) is 2.16. The molecule has 8 nitrogen and oxygen atoms in total. The van der Waals surface area contributed by atoms with Gasteiger partial charge in [0.1, 0.15) is 6.33 Å². The van der Waals surface area contributed by atoms with Crippen molar-refractivity contribution in [2.75, 3.05) is 13.1 Å². The Morgan fingerprint density at radius 2 is 1.82 bits per heavy atom. The lowest BCUT2D eigenvalue weighted by Gasteiger charge is -2.32. The van der Waals surface area contributed by atoms with E-state index >= 15 is 0 Å². The molecule has 0 spiro atoms. The number of carbonyl (C=O) groups excluding carboxylic acids is 1. The number of hydrogen-bond acceptors (Lipinski definition) is 5. The monoisotopic (exact) mass is 377 g/mol. The molecule has 0 unspecified atom stereocenters. The first kappa shape index (κ1) is 17.8. The topological polar surface area (TPSA) is 101 Å². The fourth-order valence-corrected chi connectivity index (χ4v) is 3.46. The van der Waals surface area contributed by atoms with Crippen LogP contribution in [0.5, 0.6) is 0 Å². The summed E-state index contributed by atoms with van der Waals surface area (Å²) in [5.74, 6) is -1.08. The van der Waals surface area contributed by atoms with Crippen LogP contribution in [0.25, 0.3) is 11.3 Å². The van der Waals surface area contributed by atoms with E-state index in [-0.39, 0.29) is 17.5 Å². The number of amides is 1. The highest BCUT2D eigenvalue weighted by molar-refractivity contribution is 5.99. The summed E-state index contributed by atoms with van der Waals surface area (Å²) < 4.78 is 1.69. The molecule has 8 heteroatoms. The van der Waals surface area contributed by atoms with Gasteiger partial charge in [-0.15, -0.1) is 0 Å². The summed E-state index contributed by atoms with van der Waals surface area (Å²) in [7, 11) is 0. The normalized spacial score (nSPS) is 14.8. The van der Waals surface area contributed by atoms with Crippen LogP contribution in [0, 0.1) is 0 Å². The number of nitrogens with zero attached hydrogens (tertiary/aromatic N) is 5. The molecule has 1 fully saturated rings. The summed E-state index contributed by atoms with van der Waals surface area (Å²) in [4.78, 5) is 34.3. The molecular formula is C20H19N5O3. The van der Waals surface area contributed by atoms with Crippen LogP contribution in [0.3, 0.4) is 0 Å². The molecule has 1 aromatic carbocycles. The quantitative estimate of drug-likeness (QED) is 0.750. The van der Waals surface area contributed by atoms with Gasteiger partial charge in [-0.2, -0.15) is 5.10 Å². The van der Waals surface area contributed by atoms with Crippen LogP contribution in [0.2, 0.25) is 0 Å². The maximum Gasteiger partial charge on any atom is 0.338 e. The first-order valence-corrected chi connectivity index (χ1v) is 9.05. The minimum absolute atomic E-state index is 0.0813. The fraction of sp³-hybridized carbons (Fsp3) is 0.250. The number of benzene rings is 1. The van der Waals surface area contributed by atoms with Crippen molar-refractivity contribution >= 4 is 11.9 Å². The second-order valence-electron chi connectivity index (χ2n) is 6.69. The van der Waals surface area contributed by atoms with Crippen LogP contribution in [-0.2, 0) is 0 Å². The maximum absolute atomic E-state index is 13.1. The number of carboxylic acids is 1. The Kier molecular flexibility index (Phi) is 4.84. The largest absolute Gasteiger partial charge is 0.478 e. The molecule has 2 aromatic heterocycles. The highest BCUT2D eigenvalue weighted by atomic mass is 16.4. The first-order valence-electron chi connectivity index (χ1n) is 9.05. The van der Waals surface area contributed by atoms with Gasteiger partial charge in [0.25, 0.3) is 5.91 Å². The molecule has 1 N–H and O–H groups in total. The van der Waals surface area contributed by atoms with E-state index in [9.17, 15) is 9.59 Å². The smallest absolute Gasteiger partial charge is 0.338 e. The third kappa shape index (κ3) is 3.48. The van der Waals surface area contributed by atoms with E-state index in [0.29, 0.717) is 37.2 Å². The van der Waals surface area contributed by atoms with E-state index < -0.39 is 5.97 Å². The molecule has 0 saturated carbocycles. The Morgan fingerprint density at radius 3 is 2.50 bits per heavy atom. The van der Waals surface area contributed by atoms with Crippen molar-refractivity contribution in [3.8, 4) is 11.3 Å². The zero-order chi connectivity index (χ0) is 19.5. The van der Waals surface area contributed by atoms with Gasteiger partial charge in [0.05, 0.1) is 29.1 Å². The standard InChI is InChI=1S/C20H19N5O3/c26-19(17-11-21-13-22-18(17)14-4-2-1-3-5-14)24-8-6-16(7-9-24)25-12-15(10-23-25)20(27)28/h1-5,10-13,16H,6-9H2,(H,27,28). The Bertz CT molecular complexity index is 994. The number of aromatic carboxylic acids is 1. The Labute approximate surface area is 161 Å². The van der Waals surface area contributed by atoms with E-state index in [1.165, 1.54) is 12.5 Å². The van der Waals surface area contributed by atoms with Gasteiger partial charge < -0.3 is 10.0 Å². The van der Waals surface area contributed by atoms with E-state index in [4.69, 9.17) is 5.11 Å². The fourth-order valence-electron chi connectivity index (χ4n) is 3.46. The predicted molar refractivity (Wildman–Crippen MR) is 101 cm³/mol. The molecule has 1 amide bonds. The number of likely N-dealkylation sites (tertiary alicyclic amines) is 1. The van der Waals surface area contributed by atoms with Crippen molar-refractivity contribution in [2.45, 2.75) is 18.9 Å². The number of aromatic nitrogens is 4. The lowest BCUT2D eigenvalue weighted by Crippen LogP contribution is -2.39. The Morgan fingerprint density at radius 1 is 1.07 bits per heavy atom. The van der Waals surface area contributed by atoms with Crippen LogP contribution in [-0.4, -0.2) is 54.7 Å². The van der Waals surface area contributed by atoms with E-state index in [2.05, 4.69) is 15.1 Å². The average Bonchev–Trinajstić information content (AvgIpc) is 3.25. The summed E-state index contributed by atoms with van der Waals surface area (Å²) in [6.45, 7) is 1.13. The van der Waals surface area contributed by atoms with Crippen LogP contribution in [0.4, 0.5) is 0 Å². The second-order valence-corrected chi connectivity index (χ2v) is 6.69. The van der Waals surface area contributed by atoms with Crippen LogP contribution in [0.15, 0.2) is 55.2 Å². The molecule has 3 aromatic rings. The van der Waals surface area contributed by atoms with E-state index in [0.717, 1.165) is 5.56 Å². The second kappa shape index (κ2) is 7.59. The van der Waals surface area contributed by atoms with Crippen molar-refractivity contribution < 1.29 is 14.7 Å². The Hall–Kier alpha value is -3.55. The van der Waals surface area contributed by atoms with Gasteiger partial charge in [0, 0.05) is 31.0 Å². The summed E-state index contributed by atoms with van der Waals surface area (Å²) in [6, 6.07) is 9.66. The van der Waals surface area contributed by atoms with Gasteiger partial charge >= 0.3 is 5.97 Å². The molecule has 1 aliphatic rings. The minimum atomic E-state index is -0.989. The number of piperidine rings is 1. The molecule has 1 saturated heterocycles. The van der Waals surface area contributed by atoms with Gasteiger partial charge in [-0.3, -0.25) is 9.48 Å². The molecular weight excluding hydrogens is 358 g/mol. The highest BCUT2D eigenvalue weighted by Gasteiger charge is 2.27. The highest BCUT2D eigenvalue weighted by Crippen LogP contribution is 2.26. The number of carbonyl (C=O) groups is 2. The third-order valence-electron chi connectivity index (χ3n) is 4.96. The van der Waals surface area contributed by atoms with Crippen molar-refractivity contribution in [3.63, 3.8) is 0 Å². The lowest BCUT2D eigenvalue weighted by atomic mass is 10.0. The van der Waals surface area contributed by atoms with Gasteiger partial charge in [0.2, 0.25) is 0 Å². The molecule has 0 aliphatic carbocycles. The molecule has 3 heterocycles. The van der Waals surface area contributed by atoms with E-state index in [1.54, 1.807) is 22.0 Å². The molecule has 28 heavy (non-hydrogen) atoms. The molecule has 1 aliphatic heterocycles. The van der Waals surface area contributed by atoms with E-state index in [1.807, 2.05) is 30.3 Å². The first-order chi connectivity index (χ1) is 13.6. The summed E-state index contributed by atoms with van der Waals surface area (Å²) in [5, 5.41) is 13.2. The SMILES string of the molecule is O=C(O)c1cnn(C2CCN(C(=O)c3cncnc3-c3ccccc3)CC2)c1. The van der Waals surface area contributed by atoms with Crippen molar-refractivity contribution in [2.24, 2.45) is 0 Å². The number of hydrogen-bond donors (Lipinski definition) is 1.